The minimum Gasteiger partial charge on any atom is -0.494 e. The Morgan fingerprint density at radius 1 is 1.36 bits per heavy atom. The molecule has 25 heavy (non-hydrogen) atoms. The summed E-state index contributed by atoms with van der Waals surface area (Å²) >= 11 is 6.56. The van der Waals surface area contributed by atoms with E-state index in [4.69, 9.17) is 27.1 Å². The molecule has 3 N–H and O–H groups in total. The number of hydrogen-bond acceptors (Lipinski definition) is 6. The minimum atomic E-state index is -0.283. The van der Waals surface area contributed by atoms with Crippen LogP contribution in [-0.4, -0.2) is 17.1 Å². The number of benzene rings is 1. The van der Waals surface area contributed by atoms with E-state index in [9.17, 15) is 4.79 Å². The van der Waals surface area contributed by atoms with E-state index in [-0.39, 0.29) is 5.91 Å². The number of carbonyl (C=O) groups is 1. The zero-order valence-corrected chi connectivity index (χ0v) is 15.2. The third kappa shape index (κ3) is 3.75. The molecule has 1 aromatic carbocycles. The van der Waals surface area contributed by atoms with Crippen LogP contribution >= 0.6 is 23.6 Å². The van der Waals surface area contributed by atoms with Gasteiger partial charge < -0.3 is 20.2 Å². The van der Waals surface area contributed by atoms with Crippen LogP contribution in [0.25, 0.3) is 5.69 Å². The Hall–Kier alpha value is -2.58. The Kier molecular flexibility index (Phi) is 5.20. The van der Waals surface area contributed by atoms with Crippen molar-refractivity contribution in [2.75, 3.05) is 12.3 Å². The number of anilines is 1. The summed E-state index contributed by atoms with van der Waals surface area (Å²) in [7, 11) is 0. The second-order valence-electron chi connectivity index (χ2n) is 5.11. The fourth-order valence-electron chi connectivity index (χ4n) is 2.31. The number of hydrogen-bond donors (Lipinski definition) is 2. The summed E-state index contributed by atoms with van der Waals surface area (Å²) in [5, 5.41) is 2.78. The molecule has 1 amide bonds. The van der Waals surface area contributed by atoms with Crippen molar-refractivity contribution < 1.29 is 13.9 Å². The molecular formula is C17H17N3O3S2. The Morgan fingerprint density at radius 3 is 2.76 bits per heavy atom. The average molecular weight is 375 g/mol. The SMILES string of the molecule is CCOc1ccc(-n2c(N)c(C(=O)NCc3ccco3)sc2=S)cc1. The number of nitrogen functional groups attached to an aromatic ring is 1. The van der Waals surface area contributed by atoms with E-state index >= 15 is 0 Å². The van der Waals surface area contributed by atoms with Crippen molar-refractivity contribution in [1.82, 2.24) is 9.88 Å². The number of rotatable bonds is 6. The van der Waals surface area contributed by atoms with Crippen molar-refractivity contribution in [2.24, 2.45) is 0 Å². The molecule has 0 fully saturated rings. The molecule has 2 heterocycles. The molecule has 3 rings (SSSR count). The monoisotopic (exact) mass is 375 g/mol. The number of aromatic nitrogens is 1. The van der Waals surface area contributed by atoms with Gasteiger partial charge in [0.2, 0.25) is 0 Å². The molecule has 0 spiro atoms. The number of carbonyl (C=O) groups excluding carboxylic acids is 1. The first-order valence-electron chi connectivity index (χ1n) is 7.65. The van der Waals surface area contributed by atoms with Crippen LogP contribution in [0.4, 0.5) is 5.82 Å². The van der Waals surface area contributed by atoms with Gasteiger partial charge in [0.15, 0.2) is 3.95 Å². The van der Waals surface area contributed by atoms with Crippen LogP contribution in [0.15, 0.2) is 47.1 Å². The highest BCUT2D eigenvalue weighted by Gasteiger charge is 2.18. The van der Waals surface area contributed by atoms with Gasteiger partial charge in [0.25, 0.3) is 5.91 Å². The van der Waals surface area contributed by atoms with Gasteiger partial charge in [-0.1, -0.05) is 11.3 Å². The fourth-order valence-corrected chi connectivity index (χ4v) is 3.60. The van der Waals surface area contributed by atoms with Gasteiger partial charge in [-0.15, -0.1) is 0 Å². The number of nitrogens with one attached hydrogen (secondary N) is 1. The van der Waals surface area contributed by atoms with Crippen LogP contribution in [0.1, 0.15) is 22.4 Å². The number of ether oxygens (including phenoxy) is 1. The fraction of sp³-hybridized carbons (Fsp3) is 0.176. The van der Waals surface area contributed by atoms with Crippen LogP contribution in [0.2, 0.25) is 0 Å². The minimum absolute atomic E-state index is 0.283. The van der Waals surface area contributed by atoms with E-state index in [0.29, 0.717) is 33.6 Å². The van der Waals surface area contributed by atoms with E-state index in [0.717, 1.165) is 11.4 Å². The Balaban J connectivity index is 1.82. The maximum atomic E-state index is 12.4. The summed E-state index contributed by atoms with van der Waals surface area (Å²) < 4.78 is 12.8. The van der Waals surface area contributed by atoms with Gasteiger partial charge in [-0.25, -0.2) is 0 Å². The molecule has 2 aromatic heterocycles. The summed E-state index contributed by atoms with van der Waals surface area (Å²) in [5.74, 6) is 1.47. The molecule has 8 heteroatoms. The molecule has 0 saturated carbocycles. The molecule has 0 unspecified atom stereocenters. The molecule has 3 aromatic rings. The van der Waals surface area contributed by atoms with E-state index in [1.807, 2.05) is 31.2 Å². The van der Waals surface area contributed by atoms with Crippen LogP contribution < -0.4 is 15.8 Å². The van der Waals surface area contributed by atoms with E-state index in [1.165, 1.54) is 11.3 Å². The van der Waals surface area contributed by atoms with Gasteiger partial charge in [0, 0.05) is 5.69 Å². The van der Waals surface area contributed by atoms with Crippen LogP contribution in [0.3, 0.4) is 0 Å². The normalized spacial score (nSPS) is 10.6. The average Bonchev–Trinajstić information content (AvgIpc) is 3.22. The van der Waals surface area contributed by atoms with E-state index in [1.54, 1.807) is 23.0 Å². The van der Waals surface area contributed by atoms with Crippen molar-refractivity contribution in [3.8, 4) is 11.4 Å². The first-order valence-corrected chi connectivity index (χ1v) is 8.87. The van der Waals surface area contributed by atoms with Gasteiger partial charge in [-0.2, -0.15) is 0 Å². The second-order valence-corrected chi connectivity index (χ2v) is 6.75. The number of nitrogens with zero attached hydrogens (tertiary/aromatic N) is 1. The lowest BCUT2D eigenvalue weighted by molar-refractivity contribution is 0.0952. The van der Waals surface area contributed by atoms with Crippen LogP contribution in [-0.2, 0) is 6.54 Å². The van der Waals surface area contributed by atoms with Crippen LogP contribution in [0, 0.1) is 3.95 Å². The third-order valence-corrected chi connectivity index (χ3v) is 4.85. The molecule has 0 aliphatic heterocycles. The first kappa shape index (κ1) is 17.2. The number of furan rings is 1. The lowest BCUT2D eigenvalue weighted by Crippen LogP contribution is -2.22. The highest BCUT2D eigenvalue weighted by atomic mass is 32.1. The molecule has 0 atom stereocenters. The van der Waals surface area contributed by atoms with E-state index in [2.05, 4.69) is 5.32 Å². The second kappa shape index (κ2) is 7.54. The first-order chi connectivity index (χ1) is 12.1. The molecule has 0 aliphatic carbocycles. The summed E-state index contributed by atoms with van der Waals surface area (Å²) in [6.45, 7) is 2.81. The smallest absolute Gasteiger partial charge is 0.265 e. The van der Waals surface area contributed by atoms with Crippen LogP contribution in [0.5, 0.6) is 5.75 Å². The molecule has 130 valence electrons. The molecule has 0 radical (unpaired) electrons. The lowest BCUT2D eigenvalue weighted by atomic mass is 10.3. The molecule has 0 aliphatic rings. The lowest BCUT2D eigenvalue weighted by Gasteiger charge is -2.08. The zero-order valence-electron chi connectivity index (χ0n) is 13.5. The van der Waals surface area contributed by atoms with Gasteiger partial charge in [0.1, 0.15) is 22.2 Å². The highest BCUT2D eigenvalue weighted by molar-refractivity contribution is 7.73. The largest absolute Gasteiger partial charge is 0.494 e. The Labute approximate surface area is 153 Å². The summed E-state index contributed by atoms with van der Waals surface area (Å²) in [5.41, 5.74) is 6.96. The van der Waals surface area contributed by atoms with Gasteiger partial charge in [0.05, 0.1) is 19.4 Å². The zero-order chi connectivity index (χ0) is 17.8. The number of nitrogens with two attached hydrogens (primary N) is 1. The van der Waals surface area contributed by atoms with E-state index < -0.39 is 0 Å². The Morgan fingerprint density at radius 2 is 2.12 bits per heavy atom. The van der Waals surface area contributed by atoms with Gasteiger partial charge in [-0.05, 0) is 55.5 Å². The number of thiazole rings is 1. The Bertz CT molecular complexity index is 912. The van der Waals surface area contributed by atoms with Gasteiger partial charge in [-0.3, -0.25) is 9.36 Å². The van der Waals surface area contributed by atoms with Gasteiger partial charge >= 0.3 is 0 Å². The van der Waals surface area contributed by atoms with Crippen molar-refractivity contribution in [3.63, 3.8) is 0 Å². The standard InChI is InChI=1S/C17H17N3O3S2/c1-2-22-12-7-5-11(6-8-12)20-15(18)14(25-17(20)24)16(21)19-10-13-4-3-9-23-13/h3-9H,2,10,18H2,1H3,(H,19,21). The topological polar surface area (TPSA) is 82.4 Å². The quantitative estimate of drug-likeness (QED) is 0.641. The van der Waals surface area contributed by atoms with Crippen molar-refractivity contribution in [2.45, 2.75) is 13.5 Å². The van der Waals surface area contributed by atoms with Crippen molar-refractivity contribution in [1.29, 1.82) is 0 Å². The summed E-state index contributed by atoms with van der Waals surface area (Å²) in [6, 6.07) is 10.9. The third-order valence-electron chi connectivity index (χ3n) is 3.46. The van der Waals surface area contributed by atoms with Crippen molar-refractivity contribution >= 4 is 35.3 Å². The maximum Gasteiger partial charge on any atom is 0.265 e. The number of amides is 1. The highest BCUT2D eigenvalue weighted by Crippen LogP contribution is 2.27. The molecular weight excluding hydrogens is 358 g/mol. The maximum absolute atomic E-state index is 12.4. The predicted molar refractivity (Wildman–Crippen MR) is 99.9 cm³/mol. The summed E-state index contributed by atoms with van der Waals surface area (Å²) in [4.78, 5) is 12.8. The molecule has 6 nitrogen and oxygen atoms in total. The predicted octanol–water partition coefficient (Wildman–Crippen LogP) is 3.77. The van der Waals surface area contributed by atoms with Crippen molar-refractivity contribution in [3.05, 3.63) is 57.3 Å². The molecule has 0 saturated heterocycles. The molecule has 0 bridgehead atoms. The summed E-state index contributed by atoms with van der Waals surface area (Å²) in [6.07, 6.45) is 1.56.